The average Bonchev–Trinajstić information content (AvgIpc) is 2.26. The van der Waals surface area contributed by atoms with E-state index in [0.29, 0.717) is 19.6 Å². The van der Waals surface area contributed by atoms with Crippen LogP contribution in [-0.4, -0.2) is 48.1 Å². The second-order valence-corrected chi connectivity index (χ2v) is 3.12. The van der Waals surface area contributed by atoms with Crippen molar-refractivity contribution in [2.75, 3.05) is 26.2 Å². The minimum absolute atomic E-state index is 0.0112. The predicted octanol–water partition coefficient (Wildman–Crippen LogP) is -0.717. The molecule has 5 nitrogen and oxygen atoms in total. The summed E-state index contributed by atoms with van der Waals surface area (Å²) < 4.78 is 0. The Hall–Kier alpha value is -1.10. The van der Waals surface area contributed by atoms with Crippen molar-refractivity contribution in [3.05, 3.63) is 0 Å². The lowest BCUT2D eigenvalue weighted by Gasteiger charge is -2.16. The maximum Gasteiger partial charge on any atom is 0.304 e. The molecule has 1 fully saturated rings. The second-order valence-electron chi connectivity index (χ2n) is 3.12. The molecule has 0 aromatic rings. The summed E-state index contributed by atoms with van der Waals surface area (Å²) in [4.78, 5) is 23.2. The number of nitrogens with one attached hydrogen (secondary N) is 1. The van der Waals surface area contributed by atoms with E-state index in [-0.39, 0.29) is 12.3 Å². The van der Waals surface area contributed by atoms with Crippen molar-refractivity contribution in [3.63, 3.8) is 0 Å². The Morgan fingerprint density at radius 3 is 3.08 bits per heavy atom. The molecule has 1 amide bonds. The van der Waals surface area contributed by atoms with Crippen LogP contribution in [0.15, 0.2) is 0 Å². The highest BCUT2D eigenvalue weighted by Gasteiger charge is 2.14. The molecule has 0 aromatic carbocycles. The van der Waals surface area contributed by atoms with E-state index in [9.17, 15) is 9.59 Å². The van der Waals surface area contributed by atoms with Gasteiger partial charge in [0.2, 0.25) is 5.91 Å². The number of carboxylic acids is 1. The van der Waals surface area contributed by atoms with Crippen LogP contribution in [0.25, 0.3) is 0 Å². The summed E-state index contributed by atoms with van der Waals surface area (Å²) in [5.41, 5.74) is 0. The monoisotopic (exact) mass is 186 g/mol. The molecule has 1 rings (SSSR count). The van der Waals surface area contributed by atoms with E-state index in [0.717, 1.165) is 13.0 Å². The molecule has 0 spiro atoms. The lowest BCUT2D eigenvalue weighted by Crippen LogP contribution is -2.34. The molecule has 1 aliphatic rings. The van der Waals surface area contributed by atoms with Crippen LogP contribution >= 0.6 is 0 Å². The zero-order valence-corrected chi connectivity index (χ0v) is 7.45. The number of carbonyl (C=O) groups is 2. The summed E-state index contributed by atoms with van der Waals surface area (Å²) in [7, 11) is 0. The summed E-state index contributed by atoms with van der Waals surface area (Å²) in [5, 5.41) is 11.2. The molecule has 5 heteroatoms. The molecule has 0 radical (unpaired) electrons. The molecule has 0 bridgehead atoms. The molecule has 0 saturated carbocycles. The first kappa shape index (κ1) is 9.98. The molecule has 0 aliphatic carbocycles. The Kier molecular flexibility index (Phi) is 3.70. The molecule has 1 heterocycles. The zero-order chi connectivity index (χ0) is 9.68. The molecule has 1 saturated heterocycles. The molecule has 74 valence electrons. The largest absolute Gasteiger partial charge is 0.481 e. The Balaban J connectivity index is 2.30. The van der Waals surface area contributed by atoms with Crippen molar-refractivity contribution in [3.8, 4) is 0 Å². The number of aliphatic carboxylic acids is 1. The fourth-order valence-electron chi connectivity index (χ4n) is 1.31. The minimum atomic E-state index is -0.815. The smallest absolute Gasteiger partial charge is 0.304 e. The van der Waals surface area contributed by atoms with Gasteiger partial charge >= 0.3 is 5.97 Å². The Morgan fingerprint density at radius 1 is 1.62 bits per heavy atom. The normalized spacial score (nSPS) is 19.2. The van der Waals surface area contributed by atoms with Crippen LogP contribution in [0.3, 0.4) is 0 Å². The van der Waals surface area contributed by atoms with Crippen LogP contribution < -0.4 is 5.32 Å². The van der Waals surface area contributed by atoms with Gasteiger partial charge in [-0.05, 0) is 6.42 Å². The maximum atomic E-state index is 11.0. The van der Waals surface area contributed by atoms with E-state index >= 15 is 0 Å². The summed E-state index contributed by atoms with van der Waals surface area (Å²) in [5.74, 6) is -0.826. The van der Waals surface area contributed by atoms with Crippen LogP contribution in [0.2, 0.25) is 0 Å². The third-order valence-corrected chi connectivity index (χ3v) is 1.98. The first-order valence-electron chi connectivity index (χ1n) is 4.39. The number of rotatable bonds is 3. The van der Waals surface area contributed by atoms with E-state index in [1.807, 2.05) is 4.90 Å². The maximum absolute atomic E-state index is 11.0. The van der Waals surface area contributed by atoms with Gasteiger partial charge in [0.15, 0.2) is 0 Å². The van der Waals surface area contributed by atoms with Crippen LogP contribution in [0.1, 0.15) is 12.8 Å². The van der Waals surface area contributed by atoms with Crippen molar-refractivity contribution >= 4 is 11.9 Å². The highest BCUT2D eigenvalue weighted by molar-refractivity contribution is 5.78. The van der Waals surface area contributed by atoms with Gasteiger partial charge in [-0.2, -0.15) is 0 Å². The lowest BCUT2D eigenvalue weighted by molar-refractivity contribution is -0.137. The summed E-state index contributed by atoms with van der Waals surface area (Å²) >= 11 is 0. The third-order valence-electron chi connectivity index (χ3n) is 1.98. The van der Waals surface area contributed by atoms with Gasteiger partial charge in [0, 0.05) is 19.6 Å². The van der Waals surface area contributed by atoms with Crippen LogP contribution in [0, 0.1) is 0 Å². The van der Waals surface area contributed by atoms with Crippen molar-refractivity contribution in [2.45, 2.75) is 12.8 Å². The molecule has 0 atom stereocenters. The minimum Gasteiger partial charge on any atom is -0.481 e. The topological polar surface area (TPSA) is 69.6 Å². The van der Waals surface area contributed by atoms with Gasteiger partial charge in [-0.3, -0.25) is 14.5 Å². The quantitative estimate of drug-likeness (QED) is 0.610. The standard InChI is InChI=1S/C8H14N2O3/c11-7-6-10(4-1-3-9-7)5-2-8(12)13/h1-6H2,(H,9,11)(H,12,13). The fraction of sp³-hybridized carbons (Fsp3) is 0.750. The molecular weight excluding hydrogens is 172 g/mol. The van der Waals surface area contributed by atoms with Gasteiger partial charge < -0.3 is 10.4 Å². The highest BCUT2D eigenvalue weighted by atomic mass is 16.4. The Bertz CT molecular complexity index is 206. The SMILES string of the molecule is O=C(O)CCN1CCCNC(=O)C1. The Morgan fingerprint density at radius 2 is 2.38 bits per heavy atom. The van der Waals surface area contributed by atoms with Crippen LogP contribution in [-0.2, 0) is 9.59 Å². The number of amides is 1. The molecule has 0 aromatic heterocycles. The zero-order valence-electron chi connectivity index (χ0n) is 7.45. The summed E-state index contributed by atoms with van der Waals surface area (Å²) in [6.45, 7) is 2.28. The van der Waals surface area contributed by atoms with Crippen molar-refractivity contribution in [1.29, 1.82) is 0 Å². The van der Waals surface area contributed by atoms with Crippen LogP contribution in [0.5, 0.6) is 0 Å². The van der Waals surface area contributed by atoms with E-state index < -0.39 is 5.97 Å². The average molecular weight is 186 g/mol. The summed E-state index contributed by atoms with van der Waals surface area (Å²) in [6, 6.07) is 0. The number of hydrogen-bond acceptors (Lipinski definition) is 3. The Labute approximate surface area is 76.7 Å². The van der Waals surface area contributed by atoms with Crippen molar-refractivity contribution < 1.29 is 14.7 Å². The summed E-state index contributed by atoms with van der Waals surface area (Å²) in [6.07, 6.45) is 0.999. The van der Waals surface area contributed by atoms with Gasteiger partial charge in [0.25, 0.3) is 0 Å². The van der Waals surface area contributed by atoms with E-state index in [4.69, 9.17) is 5.11 Å². The molecular formula is C8H14N2O3. The number of nitrogens with zero attached hydrogens (tertiary/aromatic N) is 1. The first-order chi connectivity index (χ1) is 6.18. The van der Waals surface area contributed by atoms with Gasteiger partial charge in [0.05, 0.1) is 13.0 Å². The molecule has 2 N–H and O–H groups in total. The third kappa shape index (κ3) is 3.89. The van der Waals surface area contributed by atoms with Crippen LogP contribution in [0.4, 0.5) is 0 Å². The van der Waals surface area contributed by atoms with E-state index in [1.165, 1.54) is 0 Å². The molecule has 0 unspecified atom stereocenters. The fourth-order valence-corrected chi connectivity index (χ4v) is 1.31. The number of hydrogen-bond donors (Lipinski definition) is 2. The van der Waals surface area contributed by atoms with E-state index in [1.54, 1.807) is 0 Å². The first-order valence-corrected chi connectivity index (χ1v) is 4.39. The van der Waals surface area contributed by atoms with E-state index in [2.05, 4.69) is 5.32 Å². The predicted molar refractivity (Wildman–Crippen MR) is 46.3 cm³/mol. The van der Waals surface area contributed by atoms with Crippen molar-refractivity contribution in [2.24, 2.45) is 0 Å². The molecule has 13 heavy (non-hydrogen) atoms. The van der Waals surface area contributed by atoms with Gasteiger partial charge in [-0.15, -0.1) is 0 Å². The van der Waals surface area contributed by atoms with Crippen molar-refractivity contribution in [1.82, 2.24) is 10.2 Å². The van der Waals surface area contributed by atoms with Gasteiger partial charge in [0.1, 0.15) is 0 Å². The second kappa shape index (κ2) is 4.81. The molecule has 1 aliphatic heterocycles. The lowest BCUT2D eigenvalue weighted by atomic mass is 10.3. The number of carboxylic acid groups (broad SMARTS) is 1. The van der Waals surface area contributed by atoms with Gasteiger partial charge in [-0.1, -0.05) is 0 Å². The number of carbonyl (C=O) groups excluding carboxylic acids is 1. The highest BCUT2D eigenvalue weighted by Crippen LogP contribution is 1.97. The van der Waals surface area contributed by atoms with Gasteiger partial charge in [-0.25, -0.2) is 0 Å².